The van der Waals surface area contributed by atoms with Gasteiger partial charge in [-0.15, -0.1) is 0 Å². The molecule has 2 aromatic rings. The maximum atomic E-state index is 13.4. The first kappa shape index (κ1) is 18.5. The number of rotatable bonds is 3. The fraction of sp³-hybridized carbons (Fsp3) is 0.550. The number of amides is 1. The third-order valence-corrected chi connectivity index (χ3v) is 7.74. The zero-order valence-electron chi connectivity index (χ0n) is 16.2. The molecule has 0 N–H and O–H groups in total. The largest absolute Gasteiger partial charge is 0.339 e. The van der Waals surface area contributed by atoms with Gasteiger partial charge in [-0.05, 0) is 31.5 Å². The van der Waals surface area contributed by atoms with Gasteiger partial charge in [-0.1, -0.05) is 25.1 Å². The van der Waals surface area contributed by atoms with Gasteiger partial charge in [0, 0.05) is 31.6 Å². The Hall–Kier alpha value is -1.86. The molecule has 0 aliphatic carbocycles. The van der Waals surface area contributed by atoms with Gasteiger partial charge < -0.3 is 9.47 Å². The Balaban J connectivity index is 1.70. The van der Waals surface area contributed by atoms with E-state index in [2.05, 4.69) is 11.8 Å². The predicted octanol–water partition coefficient (Wildman–Crippen LogP) is 1.82. The highest BCUT2D eigenvalue weighted by Gasteiger charge is 2.48. The summed E-state index contributed by atoms with van der Waals surface area (Å²) in [7, 11) is -1.20. The van der Waals surface area contributed by atoms with Gasteiger partial charge >= 0.3 is 0 Å². The first-order valence-electron chi connectivity index (χ1n) is 9.63. The molecule has 6 nitrogen and oxygen atoms in total. The van der Waals surface area contributed by atoms with Crippen LogP contribution in [0.1, 0.15) is 29.4 Å². The number of carbonyl (C=O) groups excluding carboxylic acids is 1. The minimum Gasteiger partial charge on any atom is -0.339 e. The van der Waals surface area contributed by atoms with E-state index in [0.29, 0.717) is 12.2 Å². The Kier molecular flexibility index (Phi) is 4.55. The van der Waals surface area contributed by atoms with Gasteiger partial charge in [0.15, 0.2) is 9.84 Å². The van der Waals surface area contributed by atoms with Crippen molar-refractivity contribution in [2.24, 2.45) is 7.05 Å². The van der Waals surface area contributed by atoms with Crippen LogP contribution in [0.4, 0.5) is 0 Å². The van der Waals surface area contributed by atoms with Gasteiger partial charge in [0.05, 0.1) is 23.1 Å². The second-order valence-electron chi connectivity index (χ2n) is 7.85. The fourth-order valence-corrected chi connectivity index (χ4v) is 6.83. The lowest BCUT2D eigenvalue weighted by Gasteiger charge is -2.43. The number of benzene rings is 1. The van der Waals surface area contributed by atoms with Crippen molar-refractivity contribution in [3.63, 3.8) is 0 Å². The summed E-state index contributed by atoms with van der Waals surface area (Å²) >= 11 is 0. The maximum Gasteiger partial charge on any atom is 0.270 e. The molecule has 27 heavy (non-hydrogen) atoms. The first-order valence-corrected chi connectivity index (χ1v) is 11.4. The second-order valence-corrected chi connectivity index (χ2v) is 10.0. The zero-order chi connectivity index (χ0) is 19.3. The van der Waals surface area contributed by atoms with Crippen molar-refractivity contribution >= 4 is 26.6 Å². The molecule has 0 unspecified atom stereocenters. The smallest absolute Gasteiger partial charge is 0.270 e. The molecule has 2 atom stereocenters. The van der Waals surface area contributed by atoms with Crippen molar-refractivity contribution in [2.75, 3.05) is 31.1 Å². The van der Waals surface area contributed by atoms with E-state index in [1.807, 2.05) is 47.7 Å². The molecule has 0 radical (unpaired) electrons. The number of carbonyl (C=O) groups is 1. The summed E-state index contributed by atoms with van der Waals surface area (Å²) in [4.78, 5) is 17.5. The van der Waals surface area contributed by atoms with Crippen molar-refractivity contribution in [3.8, 4) is 0 Å². The Morgan fingerprint density at radius 3 is 2.63 bits per heavy atom. The van der Waals surface area contributed by atoms with Gasteiger partial charge in [-0.2, -0.15) is 0 Å². The summed E-state index contributed by atoms with van der Waals surface area (Å²) in [6.45, 7) is 6.34. The summed E-state index contributed by atoms with van der Waals surface area (Å²) in [5, 5.41) is 1.04. The van der Waals surface area contributed by atoms with Crippen molar-refractivity contribution < 1.29 is 13.2 Å². The summed E-state index contributed by atoms with van der Waals surface area (Å²) in [5.74, 6) is 0.179. The number of hydrogen-bond acceptors (Lipinski definition) is 4. The summed E-state index contributed by atoms with van der Waals surface area (Å²) in [6, 6.07) is 7.66. The Morgan fingerprint density at radius 1 is 1.19 bits per heavy atom. The molecular weight excluding hydrogens is 362 g/mol. The van der Waals surface area contributed by atoms with Crippen molar-refractivity contribution in [2.45, 2.75) is 32.4 Å². The maximum absolute atomic E-state index is 13.4. The SMILES string of the molecule is CCCN1CCN(C(=O)c2cc3cccc(C)c3n2C)[C@H]2CS(=O)(=O)C[C@H]21. The van der Waals surface area contributed by atoms with Gasteiger partial charge in [-0.3, -0.25) is 9.69 Å². The van der Waals surface area contributed by atoms with Crippen LogP contribution in [0.5, 0.6) is 0 Å². The van der Waals surface area contributed by atoms with Crippen LogP contribution in [0.3, 0.4) is 0 Å². The molecule has 0 saturated carbocycles. The van der Waals surface area contributed by atoms with Crippen molar-refractivity contribution in [1.82, 2.24) is 14.4 Å². The van der Waals surface area contributed by atoms with Crippen LogP contribution in [0.15, 0.2) is 24.3 Å². The molecule has 1 aromatic carbocycles. The van der Waals surface area contributed by atoms with Gasteiger partial charge in [-0.25, -0.2) is 8.42 Å². The summed E-state index contributed by atoms with van der Waals surface area (Å²) < 4.78 is 26.6. The van der Waals surface area contributed by atoms with Crippen LogP contribution < -0.4 is 0 Å². The van der Waals surface area contributed by atoms with Crippen molar-refractivity contribution in [3.05, 3.63) is 35.5 Å². The third kappa shape index (κ3) is 3.06. The molecule has 2 aliphatic rings. The van der Waals surface area contributed by atoms with Gasteiger partial charge in [0.2, 0.25) is 0 Å². The monoisotopic (exact) mass is 389 g/mol. The van der Waals surface area contributed by atoms with E-state index in [9.17, 15) is 13.2 Å². The predicted molar refractivity (Wildman–Crippen MR) is 107 cm³/mol. The van der Waals surface area contributed by atoms with Gasteiger partial charge in [0.25, 0.3) is 5.91 Å². The number of sulfone groups is 1. The number of aryl methyl sites for hydroxylation is 2. The van der Waals surface area contributed by atoms with Crippen LogP contribution in [0.2, 0.25) is 0 Å². The topological polar surface area (TPSA) is 62.6 Å². The lowest BCUT2D eigenvalue weighted by molar-refractivity contribution is 0.0326. The highest BCUT2D eigenvalue weighted by molar-refractivity contribution is 7.91. The number of aromatic nitrogens is 1. The van der Waals surface area contributed by atoms with E-state index in [0.717, 1.165) is 36.0 Å². The van der Waals surface area contributed by atoms with Crippen molar-refractivity contribution in [1.29, 1.82) is 0 Å². The molecule has 1 amide bonds. The summed E-state index contributed by atoms with van der Waals surface area (Å²) in [6.07, 6.45) is 0.986. The molecule has 2 aliphatic heterocycles. The highest BCUT2D eigenvalue weighted by atomic mass is 32.2. The van der Waals surface area contributed by atoms with Crippen LogP contribution in [0.25, 0.3) is 10.9 Å². The minimum atomic E-state index is -3.11. The Morgan fingerprint density at radius 2 is 1.93 bits per heavy atom. The highest BCUT2D eigenvalue weighted by Crippen LogP contribution is 2.30. The Bertz CT molecular complexity index is 995. The molecule has 7 heteroatoms. The molecule has 146 valence electrons. The second kappa shape index (κ2) is 6.63. The van der Waals surface area contributed by atoms with E-state index >= 15 is 0 Å². The summed E-state index contributed by atoms with van der Waals surface area (Å²) in [5.41, 5.74) is 2.82. The number of nitrogens with zero attached hydrogens (tertiary/aromatic N) is 3. The standard InChI is InChI=1S/C20H27N3O3S/c1-4-8-22-9-10-23(18-13-27(25,26)12-17(18)22)20(24)16-11-15-7-5-6-14(2)19(15)21(16)3/h5-7,11,17-18H,4,8-10,12-13H2,1-3H3/t17-,18+/m1/s1. The van der Waals surface area contributed by atoms with E-state index < -0.39 is 9.84 Å². The van der Waals surface area contributed by atoms with E-state index in [-0.39, 0.29) is 29.5 Å². The molecule has 0 spiro atoms. The molecule has 2 saturated heterocycles. The first-order chi connectivity index (χ1) is 12.8. The van der Waals surface area contributed by atoms with Gasteiger partial charge in [0.1, 0.15) is 5.69 Å². The fourth-order valence-electron chi connectivity index (χ4n) is 4.82. The van der Waals surface area contributed by atoms with Crippen LogP contribution in [-0.4, -0.2) is 71.9 Å². The zero-order valence-corrected chi connectivity index (χ0v) is 17.0. The number of fused-ring (bicyclic) bond motifs is 2. The average molecular weight is 390 g/mol. The third-order valence-electron chi connectivity index (χ3n) is 6.04. The lowest BCUT2D eigenvalue weighted by atomic mass is 10.0. The van der Waals surface area contributed by atoms with E-state index in [4.69, 9.17) is 0 Å². The van der Waals surface area contributed by atoms with Crippen LogP contribution >= 0.6 is 0 Å². The average Bonchev–Trinajstić information content (AvgIpc) is 3.12. The molecule has 3 heterocycles. The number of para-hydroxylation sites is 1. The molecule has 0 bridgehead atoms. The minimum absolute atomic E-state index is 0.0589. The van der Waals surface area contributed by atoms with Crippen LogP contribution in [-0.2, 0) is 16.9 Å². The van der Waals surface area contributed by atoms with E-state index in [1.165, 1.54) is 0 Å². The normalized spacial score (nSPS) is 25.1. The molecule has 4 rings (SSSR count). The Labute approximate surface area is 160 Å². The molecule has 1 aromatic heterocycles. The quantitative estimate of drug-likeness (QED) is 0.803. The number of piperazine rings is 1. The van der Waals surface area contributed by atoms with E-state index in [1.54, 1.807) is 0 Å². The number of hydrogen-bond donors (Lipinski definition) is 0. The molecular formula is C20H27N3O3S. The lowest BCUT2D eigenvalue weighted by Crippen LogP contribution is -2.60. The van der Waals surface area contributed by atoms with Crippen LogP contribution in [0, 0.1) is 6.92 Å². The molecule has 2 fully saturated rings.